The molecule has 0 unspecified atom stereocenters. The first-order valence-corrected chi connectivity index (χ1v) is 19.4. The maximum absolute atomic E-state index is 12.2. The second-order valence-corrected chi connectivity index (χ2v) is 16.3. The molecule has 4 nitrogen and oxygen atoms in total. The Bertz CT molecular complexity index is 3400. The second-order valence-electron chi connectivity index (χ2n) is 16.3. The molecular weight excluding hydrogens is 902 g/mol. The number of pyridine rings is 1. The fourth-order valence-electron chi connectivity index (χ4n) is 7.20. The Morgan fingerprint density at radius 1 is 0.712 bits per heavy atom. The van der Waals surface area contributed by atoms with Crippen molar-refractivity contribution in [1.29, 1.82) is 0 Å². The Morgan fingerprint density at radius 3 is 2.15 bits per heavy atom. The van der Waals surface area contributed by atoms with Gasteiger partial charge >= 0.3 is 0 Å². The van der Waals surface area contributed by atoms with Gasteiger partial charge in [-0.1, -0.05) is 150 Å². The van der Waals surface area contributed by atoms with Crippen LogP contribution < -0.4 is 0 Å². The fraction of sp³-hybridized carbons (Fsp3) is 0.222. The molecule has 0 bridgehead atoms. The Labute approximate surface area is 382 Å². The van der Waals surface area contributed by atoms with E-state index in [-0.39, 0.29) is 55.5 Å². The van der Waals surface area contributed by atoms with Gasteiger partial charge in [0.05, 0.1) is 26.2 Å². The predicted octanol–water partition coefficient (Wildman–Crippen LogP) is 14.4. The Morgan fingerprint density at radius 2 is 1.46 bits per heavy atom. The van der Waals surface area contributed by atoms with Gasteiger partial charge in [0.2, 0.25) is 0 Å². The number of para-hydroxylation sites is 1. The third-order valence-electron chi connectivity index (χ3n) is 10.4. The molecule has 0 saturated carbocycles. The van der Waals surface area contributed by atoms with E-state index in [0.717, 1.165) is 16.7 Å². The van der Waals surface area contributed by atoms with E-state index in [2.05, 4.69) is 24.9 Å². The van der Waals surface area contributed by atoms with Crippen LogP contribution in [0, 0.1) is 19.8 Å². The van der Waals surface area contributed by atoms with E-state index in [1.165, 1.54) is 0 Å². The topological polar surface area (TPSA) is 50.9 Å². The number of nitrogens with zero attached hydrogens (tertiary/aromatic N) is 3. The van der Waals surface area contributed by atoms with E-state index >= 15 is 0 Å². The number of benzene rings is 6. The fourth-order valence-corrected chi connectivity index (χ4v) is 7.20. The summed E-state index contributed by atoms with van der Waals surface area (Å²) >= 11 is 0. The number of aromatic hydroxyl groups is 1. The summed E-state index contributed by atoms with van der Waals surface area (Å²) in [4.78, 5) is 9.74. The molecule has 1 N–H and O–H groups in total. The van der Waals surface area contributed by atoms with Crippen LogP contribution in [-0.2, 0) is 26.5 Å². The molecule has 8 rings (SSSR count). The molecule has 6 aromatic carbocycles. The van der Waals surface area contributed by atoms with Gasteiger partial charge in [-0.05, 0) is 100 Å². The first kappa shape index (κ1) is 28.0. The van der Waals surface area contributed by atoms with Gasteiger partial charge in [0.1, 0.15) is 11.6 Å². The van der Waals surface area contributed by atoms with Crippen molar-refractivity contribution in [3.8, 4) is 67.5 Å². The van der Waals surface area contributed by atoms with Gasteiger partial charge < -0.3 is 5.11 Å². The smallest absolute Gasteiger partial charge is 0.148 e. The maximum atomic E-state index is 12.2. The summed E-state index contributed by atoms with van der Waals surface area (Å²) in [6.07, 6.45) is -0.622. The largest absolute Gasteiger partial charge is 0.507 e. The van der Waals surface area contributed by atoms with E-state index in [4.69, 9.17) is 21.4 Å². The molecule has 0 spiro atoms. The number of phenolic OH excluding ortho intramolecular Hbond substituents is 1. The average molecular weight is 967 g/mol. The van der Waals surface area contributed by atoms with Gasteiger partial charge in [-0.15, -0.1) is 29.3 Å². The average Bonchev–Trinajstić information content (AvgIpc) is 3.69. The van der Waals surface area contributed by atoms with Crippen molar-refractivity contribution < 1.29 is 44.0 Å². The Hall–Kier alpha value is -5.57. The van der Waals surface area contributed by atoms with Gasteiger partial charge in [0, 0.05) is 46.8 Å². The standard InChI is InChI=1S/C54H52N3O.Pt/c1-33(2)40-30-47(34(3)4)52(58)48(31-40)53-56-51-46(16-13-17-50(51)57(53)45-25-36(6)24-41(29-45)37-14-11-10-12-15-37)42-26-43(28-44(27-42)54(7,8)9)49-32-39(22-23-55-49)38-20-18-35(5)19-21-38;/h10-25,27-34,58H,1-9H3;/q-1;/i5D3,6D3,18D,19D,20D,21D,22D,23D,32D;. The zero-order valence-electron chi connectivity index (χ0n) is 46.9. The van der Waals surface area contributed by atoms with Crippen LogP contribution in [0.2, 0.25) is 0 Å². The molecule has 0 amide bonds. The van der Waals surface area contributed by atoms with E-state index in [9.17, 15) is 6.48 Å². The van der Waals surface area contributed by atoms with Crippen LogP contribution in [-0.4, -0.2) is 19.6 Å². The molecule has 8 aromatic rings. The summed E-state index contributed by atoms with van der Waals surface area (Å²) in [5, 5.41) is 12.2. The number of rotatable bonds is 8. The van der Waals surface area contributed by atoms with Gasteiger partial charge in [-0.25, -0.2) is 4.98 Å². The minimum atomic E-state index is -2.99. The molecule has 0 aliphatic carbocycles. The van der Waals surface area contributed by atoms with Crippen LogP contribution in [0.15, 0.2) is 133 Å². The number of hydrogen-bond acceptors (Lipinski definition) is 3. The third-order valence-corrected chi connectivity index (χ3v) is 10.4. The van der Waals surface area contributed by atoms with E-state index in [1.807, 2.05) is 112 Å². The molecule has 0 aliphatic rings. The van der Waals surface area contributed by atoms with Crippen LogP contribution in [0.4, 0.5) is 0 Å². The molecule has 0 aliphatic heterocycles. The SMILES string of the molecule is [2H]c1nc(-c2[c-]c(-c3cccc4c3nc(-c3cc(C(C)C)cc(C(C)C)c3O)n4-c3cc(-c4ccccc4)cc(C([2H])([2H])[2H])c3)cc(C(C)(C)C)c2)c([2H])c(-c2c([2H])c([2H])c(C([2H])([2H])[2H])c([2H])c2[2H])c1[2H].[Pt]. The van der Waals surface area contributed by atoms with Crippen molar-refractivity contribution in [1.82, 2.24) is 14.5 Å². The molecule has 0 fully saturated rings. The summed E-state index contributed by atoms with van der Waals surface area (Å²) in [7, 11) is 0. The predicted molar refractivity (Wildman–Crippen MR) is 243 cm³/mol. The molecular formula is C54H52N3OPt-. The number of aromatic nitrogens is 3. The van der Waals surface area contributed by atoms with Gasteiger partial charge in [0.25, 0.3) is 0 Å². The van der Waals surface area contributed by atoms with Gasteiger partial charge in [0.15, 0.2) is 0 Å². The van der Waals surface area contributed by atoms with E-state index < -0.39 is 78.2 Å². The number of aryl methyl sites for hydroxylation is 1. The van der Waals surface area contributed by atoms with E-state index in [0.29, 0.717) is 50.4 Å². The molecule has 59 heavy (non-hydrogen) atoms. The monoisotopic (exact) mass is 966 g/mol. The van der Waals surface area contributed by atoms with Gasteiger partial charge in [-0.3, -0.25) is 9.55 Å². The number of hydrogen-bond donors (Lipinski definition) is 1. The second kappa shape index (κ2) is 16.6. The van der Waals surface area contributed by atoms with Crippen LogP contribution in [0.25, 0.3) is 72.7 Å². The van der Waals surface area contributed by atoms with Crippen molar-refractivity contribution in [2.75, 3.05) is 0 Å². The van der Waals surface area contributed by atoms with Crippen LogP contribution in [0.3, 0.4) is 0 Å². The summed E-state index contributed by atoms with van der Waals surface area (Å²) in [5.74, 6) is 0.375. The van der Waals surface area contributed by atoms with Crippen LogP contribution in [0.1, 0.15) is 106 Å². The number of phenols is 1. The van der Waals surface area contributed by atoms with Crippen molar-refractivity contribution >= 4 is 11.0 Å². The Balaban J connectivity index is 0.00000760. The number of fused-ring (bicyclic) bond motifs is 1. The maximum Gasteiger partial charge on any atom is 0.148 e. The molecule has 5 heteroatoms. The minimum absolute atomic E-state index is 0. The van der Waals surface area contributed by atoms with Crippen molar-refractivity contribution in [3.05, 3.63) is 167 Å². The van der Waals surface area contributed by atoms with Crippen molar-refractivity contribution in [2.24, 2.45) is 0 Å². The van der Waals surface area contributed by atoms with E-state index in [1.54, 1.807) is 18.2 Å². The van der Waals surface area contributed by atoms with Crippen LogP contribution >= 0.6 is 0 Å². The minimum Gasteiger partial charge on any atom is -0.507 e. The molecule has 0 radical (unpaired) electrons. The normalized spacial score (nSPS) is 15.3. The third kappa shape index (κ3) is 8.34. The quantitative estimate of drug-likeness (QED) is 0.154. The van der Waals surface area contributed by atoms with Gasteiger partial charge in [-0.2, -0.15) is 0 Å². The zero-order chi connectivity index (χ0) is 52.0. The molecule has 0 atom stereocenters. The summed E-state index contributed by atoms with van der Waals surface area (Å²) in [6, 6.07) is 26.9. The molecule has 2 aromatic heterocycles. The number of imidazole rings is 1. The molecule has 0 saturated heterocycles. The van der Waals surface area contributed by atoms with Crippen molar-refractivity contribution in [2.45, 2.75) is 79.4 Å². The summed E-state index contributed by atoms with van der Waals surface area (Å²) in [5.41, 5.74) is 4.75. The Kier molecular flexibility index (Phi) is 7.87. The zero-order valence-corrected chi connectivity index (χ0v) is 36.2. The summed E-state index contributed by atoms with van der Waals surface area (Å²) < 4.78 is 113. The molecule has 2 heterocycles. The molecule has 300 valence electrons. The summed E-state index contributed by atoms with van der Waals surface area (Å²) in [6.45, 7) is 8.61. The first-order valence-electron chi connectivity index (χ1n) is 25.9. The first-order chi connectivity index (χ1) is 33.1. The van der Waals surface area contributed by atoms with Crippen LogP contribution in [0.5, 0.6) is 5.75 Å². The van der Waals surface area contributed by atoms with Crippen molar-refractivity contribution in [3.63, 3.8) is 0 Å².